The smallest absolute Gasteiger partial charge is 0.221 e. The first kappa shape index (κ1) is 18.0. The summed E-state index contributed by atoms with van der Waals surface area (Å²) in [5.41, 5.74) is 4.98. The third-order valence-corrected chi connectivity index (χ3v) is 4.78. The second-order valence-electron chi connectivity index (χ2n) is 6.84. The van der Waals surface area contributed by atoms with Crippen LogP contribution < -0.4 is 15.4 Å². The number of fused-ring (bicyclic) bond motifs is 1. The summed E-state index contributed by atoms with van der Waals surface area (Å²) in [4.78, 5) is 20.1. The molecule has 0 saturated heterocycles. The summed E-state index contributed by atoms with van der Waals surface area (Å²) in [5.74, 6) is 1.65. The molecule has 1 amide bonds. The maximum Gasteiger partial charge on any atom is 0.221 e. The zero-order valence-electron chi connectivity index (χ0n) is 15.9. The predicted octanol–water partition coefficient (Wildman–Crippen LogP) is 4.21. The quantitative estimate of drug-likeness (QED) is 0.700. The van der Waals surface area contributed by atoms with Gasteiger partial charge in [-0.3, -0.25) is 9.78 Å². The van der Waals surface area contributed by atoms with Gasteiger partial charge in [-0.2, -0.15) is 0 Å². The Hall–Kier alpha value is -3.41. The number of carbonyl (C=O) groups is 1. The Balaban J connectivity index is 1.61. The highest BCUT2D eigenvalue weighted by Gasteiger charge is 2.23. The van der Waals surface area contributed by atoms with Crippen molar-refractivity contribution in [3.63, 3.8) is 0 Å². The Morgan fingerprint density at radius 2 is 2.04 bits per heavy atom. The largest absolute Gasteiger partial charge is 0.492 e. The van der Waals surface area contributed by atoms with Gasteiger partial charge in [0.15, 0.2) is 0 Å². The van der Waals surface area contributed by atoms with Gasteiger partial charge in [0.2, 0.25) is 5.91 Å². The van der Waals surface area contributed by atoms with Crippen LogP contribution in [0.5, 0.6) is 5.75 Å². The maximum absolute atomic E-state index is 11.3. The lowest BCUT2D eigenvalue weighted by molar-refractivity contribution is -0.114. The van der Waals surface area contributed by atoms with Crippen LogP contribution in [0.1, 0.15) is 31.0 Å². The van der Waals surface area contributed by atoms with Gasteiger partial charge in [0.05, 0.1) is 12.6 Å². The van der Waals surface area contributed by atoms with Gasteiger partial charge < -0.3 is 15.4 Å². The Bertz CT molecular complexity index is 1000. The zero-order valence-corrected chi connectivity index (χ0v) is 15.9. The number of pyridine rings is 2. The number of hydrogen-bond acceptors (Lipinski definition) is 5. The molecule has 2 aromatic heterocycles. The average Bonchev–Trinajstić information content (AvgIpc) is 3.19. The van der Waals surface area contributed by atoms with E-state index in [-0.39, 0.29) is 11.9 Å². The predicted molar refractivity (Wildman–Crippen MR) is 109 cm³/mol. The molecule has 142 valence electrons. The highest BCUT2D eigenvalue weighted by molar-refractivity contribution is 5.88. The summed E-state index contributed by atoms with van der Waals surface area (Å²) in [7, 11) is 0. The normalized spacial score (nSPS) is 13.4. The molecule has 1 unspecified atom stereocenters. The number of rotatable bonds is 5. The number of carbonyl (C=O) groups excluding carboxylic acids is 1. The van der Waals surface area contributed by atoms with Gasteiger partial charge in [0.25, 0.3) is 0 Å². The van der Waals surface area contributed by atoms with E-state index in [0.717, 1.165) is 45.9 Å². The van der Waals surface area contributed by atoms with Crippen LogP contribution in [0.25, 0.3) is 11.1 Å². The highest BCUT2D eigenvalue weighted by Crippen LogP contribution is 2.40. The van der Waals surface area contributed by atoms with Gasteiger partial charge >= 0.3 is 0 Å². The topological polar surface area (TPSA) is 76.1 Å². The SMILES string of the molecule is CC(=O)Nc1cccc(C(C)Nc2ncc(-c3ccncc3)c3c2CCO3)c1. The van der Waals surface area contributed by atoms with Crippen LogP contribution in [-0.2, 0) is 11.2 Å². The van der Waals surface area contributed by atoms with E-state index in [0.29, 0.717) is 6.61 Å². The van der Waals surface area contributed by atoms with Crippen molar-refractivity contribution in [2.45, 2.75) is 26.3 Å². The van der Waals surface area contributed by atoms with Gasteiger partial charge in [-0.05, 0) is 42.3 Å². The molecule has 0 fully saturated rings. The minimum Gasteiger partial charge on any atom is -0.492 e. The fourth-order valence-corrected chi connectivity index (χ4v) is 3.43. The summed E-state index contributed by atoms with van der Waals surface area (Å²) in [6.07, 6.45) is 6.21. The molecule has 1 aliphatic heterocycles. The summed E-state index contributed by atoms with van der Waals surface area (Å²) in [5, 5.41) is 6.33. The van der Waals surface area contributed by atoms with Crippen molar-refractivity contribution in [2.24, 2.45) is 0 Å². The van der Waals surface area contributed by atoms with Crippen LogP contribution in [0.4, 0.5) is 11.5 Å². The lowest BCUT2D eigenvalue weighted by Gasteiger charge is -2.18. The van der Waals surface area contributed by atoms with Gasteiger partial charge in [0, 0.05) is 48.7 Å². The molecule has 28 heavy (non-hydrogen) atoms. The first-order valence-corrected chi connectivity index (χ1v) is 9.31. The lowest BCUT2D eigenvalue weighted by Crippen LogP contribution is -2.11. The molecule has 3 heterocycles. The molecule has 3 aromatic rings. The number of amides is 1. The second kappa shape index (κ2) is 7.68. The Labute approximate surface area is 164 Å². The number of benzene rings is 1. The van der Waals surface area contributed by atoms with Crippen molar-refractivity contribution in [1.82, 2.24) is 9.97 Å². The monoisotopic (exact) mass is 374 g/mol. The van der Waals surface area contributed by atoms with E-state index in [2.05, 4.69) is 27.5 Å². The van der Waals surface area contributed by atoms with Crippen LogP contribution in [-0.4, -0.2) is 22.5 Å². The molecule has 2 N–H and O–H groups in total. The van der Waals surface area contributed by atoms with Gasteiger partial charge in [-0.1, -0.05) is 12.1 Å². The fraction of sp³-hybridized carbons (Fsp3) is 0.227. The van der Waals surface area contributed by atoms with Crippen LogP contribution in [0.15, 0.2) is 55.0 Å². The standard InChI is InChI=1S/C22H22N4O2/c1-14(17-4-3-5-18(12-17)26-15(2)27)25-22-19-8-11-28-21(19)20(13-24-22)16-6-9-23-10-7-16/h3-7,9-10,12-14H,8,11H2,1-2H3,(H,24,25)(H,26,27). The molecule has 0 bridgehead atoms. The fourth-order valence-electron chi connectivity index (χ4n) is 3.43. The molecule has 4 rings (SSSR count). The molecule has 1 aromatic carbocycles. The van der Waals surface area contributed by atoms with Crippen LogP contribution in [0, 0.1) is 0 Å². The average molecular weight is 374 g/mol. The second-order valence-corrected chi connectivity index (χ2v) is 6.84. The Kier molecular flexibility index (Phi) is 4.93. The minimum atomic E-state index is -0.0823. The summed E-state index contributed by atoms with van der Waals surface area (Å²) < 4.78 is 5.93. The summed E-state index contributed by atoms with van der Waals surface area (Å²) in [6, 6.07) is 11.8. The van der Waals surface area contributed by atoms with E-state index in [1.54, 1.807) is 12.4 Å². The van der Waals surface area contributed by atoms with Crippen molar-refractivity contribution in [1.29, 1.82) is 0 Å². The lowest BCUT2D eigenvalue weighted by atomic mass is 10.0. The van der Waals surface area contributed by atoms with E-state index in [9.17, 15) is 4.79 Å². The number of aromatic nitrogens is 2. The van der Waals surface area contributed by atoms with Crippen LogP contribution >= 0.6 is 0 Å². The van der Waals surface area contributed by atoms with Crippen molar-refractivity contribution in [2.75, 3.05) is 17.2 Å². The van der Waals surface area contributed by atoms with Crippen LogP contribution in [0.2, 0.25) is 0 Å². The molecule has 0 spiro atoms. The molecule has 0 radical (unpaired) electrons. The molecule has 6 nitrogen and oxygen atoms in total. The Morgan fingerprint density at radius 3 is 2.82 bits per heavy atom. The number of nitrogens with zero attached hydrogens (tertiary/aromatic N) is 2. The van der Waals surface area contributed by atoms with Crippen molar-refractivity contribution < 1.29 is 9.53 Å². The first-order valence-electron chi connectivity index (χ1n) is 9.31. The first-order chi connectivity index (χ1) is 13.6. The molecular weight excluding hydrogens is 352 g/mol. The van der Waals surface area contributed by atoms with Gasteiger partial charge in [-0.15, -0.1) is 0 Å². The number of hydrogen-bond donors (Lipinski definition) is 2. The third-order valence-electron chi connectivity index (χ3n) is 4.78. The van der Waals surface area contributed by atoms with E-state index < -0.39 is 0 Å². The van der Waals surface area contributed by atoms with E-state index >= 15 is 0 Å². The molecular formula is C22H22N4O2. The van der Waals surface area contributed by atoms with E-state index in [1.807, 2.05) is 42.6 Å². The Morgan fingerprint density at radius 1 is 1.21 bits per heavy atom. The zero-order chi connectivity index (χ0) is 19.5. The van der Waals surface area contributed by atoms with Crippen molar-refractivity contribution in [3.8, 4) is 16.9 Å². The number of nitrogens with one attached hydrogen (secondary N) is 2. The summed E-state index contributed by atoms with van der Waals surface area (Å²) >= 11 is 0. The van der Waals surface area contributed by atoms with E-state index in [1.165, 1.54) is 6.92 Å². The highest BCUT2D eigenvalue weighted by atomic mass is 16.5. The van der Waals surface area contributed by atoms with Crippen molar-refractivity contribution >= 4 is 17.4 Å². The van der Waals surface area contributed by atoms with Crippen LogP contribution in [0.3, 0.4) is 0 Å². The van der Waals surface area contributed by atoms with Crippen molar-refractivity contribution in [3.05, 3.63) is 66.1 Å². The van der Waals surface area contributed by atoms with Gasteiger partial charge in [0.1, 0.15) is 11.6 Å². The van der Waals surface area contributed by atoms with Gasteiger partial charge in [-0.25, -0.2) is 4.98 Å². The third kappa shape index (κ3) is 3.67. The minimum absolute atomic E-state index is 0.0256. The van der Waals surface area contributed by atoms with E-state index in [4.69, 9.17) is 4.74 Å². The summed E-state index contributed by atoms with van der Waals surface area (Å²) in [6.45, 7) is 4.24. The molecule has 0 saturated carbocycles. The number of anilines is 2. The molecule has 6 heteroatoms. The molecule has 1 aliphatic rings. The molecule has 1 atom stereocenters. The number of ether oxygens (including phenoxy) is 1. The maximum atomic E-state index is 11.3. The molecule has 0 aliphatic carbocycles.